The van der Waals surface area contributed by atoms with Gasteiger partial charge in [-0.2, -0.15) is 0 Å². The molecule has 0 saturated carbocycles. The maximum absolute atomic E-state index is 11.6. The minimum atomic E-state index is -0.624. The van der Waals surface area contributed by atoms with Crippen molar-refractivity contribution in [2.75, 3.05) is 24.6 Å². The van der Waals surface area contributed by atoms with Gasteiger partial charge in [-0.3, -0.25) is 4.79 Å². The Kier molecular flexibility index (Phi) is 4.98. The molecular formula is C12H17N3O3. The van der Waals surface area contributed by atoms with Crippen LogP contribution in [-0.4, -0.2) is 25.0 Å². The van der Waals surface area contributed by atoms with Crippen LogP contribution < -0.4 is 16.8 Å². The van der Waals surface area contributed by atoms with Crippen molar-refractivity contribution in [3.63, 3.8) is 0 Å². The van der Waals surface area contributed by atoms with Crippen molar-refractivity contribution in [2.45, 2.75) is 13.3 Å². The number of benzene rings is 1. The Morgan fingerprint density at radius 3 is 2.39 bits per heavy atom. The van der Waals surface area contributed by atoms with E-state index >= 15 is 0 Å². The predicted molar refractivity (Wildman–Crippen MR) is 68.9 cm³/mol. The van der Waals surface area contributed by atoms with Crippen molar-refractivity contribution in [3.05, 3.63) is 23.8 Å². The number of carbonyl (C=O) groups excluding carboxylic acids is 2. The van der Waals surface area contributed by atoms with Crippen LogP contribution in [0.15, 0.2) is 18.2 Å². The molecule has 1 aromatic rings. The van der Waals surface area contributed by atoms with E-state index in [1.807, 2.05) is 6.92 Å². The third-order valence-electron chi connectivity index (χ3n) is 2.12. The van der Waals surface area contributed by atoms with Gasteiger partial charge in [0.05, 0.1) is 5.56 Å². The first-order valence-corrected chi connectivity index (χ1v) is 5.62. The number of hydrogen-bond donors (Lipinski definition) is 3. The molecule has 0 aromatic heterocycles. The summed E-state index contributed by atoms with van der Waals surface area (Å²) >= 11 is 0. The molecule has 1 amide bonds. The van der Waals surface area contributed by atoms with E-state index in [2.05, 4.69) is 5.32 Å². The van der Waals surface area contributed by atoms with Crippen LogP contribution in [0.3, 0.4) is 0 Å². The van der Waals surface area contributed by atoms with Crippen molar-refractivity contribution in [2.24, 2.45) is 0 Å². The molecule has 0 aliphatic carbocycles. The lowest BCUT2D eigenvalue weighted by Gasteiger charge is -2.06. The van der Waals surface area contributed by atoms with E-state index in [1.165, 1.54) is 18.2 Å². The minimum Gasteiger partial charge on any atom is -0.452 e. The monoisotopic (exact) mass is 251 g/mol. The number of anilines is 2. The highest BCUT2D eigenvalue weighted by Crippen LogP contribution is 2.14. The number of hydrogen-bond acceptors (Lipinski definition) is 5. The number of rotatable bonds is 5. The Bertz CT molecular complexity index is 426. The molecule has 0 spiro atoms. The molecular weight excluding hydrogens is 234 g/mol. The fourth-order valence-electron chi connectivity index (χ4n) is 1.32. The van der Waals surface area contributed by atoms with Gasteiger partial charge in [-0.25, -0.2) is 4.79 Å². The van der Waals surface area contributed by atoms with Gasteiger partial charge in [0, 0.05) is 17.9 Å². The third kappa shape index (κ3) is 4.32. The molecule has 0 bridgehead atoms. The molecule has 5 N–H and O–H groups in total. The minimum absolute atomic E-state index is 0.232. The zero-order valence-electron chi connectivity index (χ0n) is 10.2. The van der Waals surface area contributed by atoms with Gasteiger partial charge in [-0.15, -0.1) is 0 Å². The molecule has 0 aliphatic rings. The Hall–Kier alpha value is -2.24. The molecule has 0 heterocycles. The normalized spacial score (nSPS) is 9.83. The maximum atomic E-state index is 11.6. The standard InChI is InChI=1S/C12H17N3O3/c1-2-3-15-11(16)7-18-12(17)8-4-9(13)6-10(14)5-8/h4-6H,2-3,7,13-14H2,1H3,(H,15,16). The van der Waals surface area contributed by atoms with Crippen molar-refractivity contribution in [1.82, 2.24) is 5.32 Å². The molecule has 98 valence electrons. The number of nitrogens with two attached hydrogens (primary N) is 2. The molecule has 0 fully saturated rings. The van der Waals surface area contributed by atoms with E-state index in [0.717, 1.165) is 6.42 Å². The van der Waals surface area contributed by atoms with Crippen molar-refractivity contribution >= 4 is 23.3 Å². The summed E-state index contributed by atoms with van der Waals surface area (Å²) in [6, 6.07) is 4.43. The predicted octanol–water partition coefficient (Wildman–Crippen LogP) is 0.534. The average Bonchev–Trinajstić information content (AvgIpc) is 2.32. The summed E-state index contributed by atoms with van der Waals surface area (Å²) in [4.78, 5) is 22.8. The SMILES string of the molecule is CCCNC(=O)COC(=O)c1cc(N)cc(N)c1. The molecule has 6 heteroatoms. The molecule has 6 nitrogen and oxygen atoms in total. The quantitative estimate of drug-likeness (QED) is 0.522. The summed E-state index contributed by atoms with van der Waals surface area (Å²) in [6.45, 7) is 2.18. The Balaban J connectivity index is 2.52. The summed E-state index contributed by atoms with van der Waals surface area (Å²) in [5.74, 6) is -0.956. The van der Waals surface area contributed by atoms with E-state index in [0.29, 0.717) is 17.9 Å². The zero-order chi connectivity index (χ0) is 13.5. The van der Waals surface area contributed by atoms with E-state index in [-0.39, 0.29) is 18.1 Å². The summed E-state index contributed by atoms with van der Waals surface area (Å²) in [5.41, 5.74) is 12.1. The Morgan fingerprint density at radius 2 is 1.83 bits per heavy atom. The molecule has 0 aliphatic heterocycles. The lowest BCUT2D eigenvalue weighted by Crippen LogP contribution is -2.29. The number of amides is 1. The van der Waals surface area contributed by atoms with Gasteiger partial charge in [0.2, 0.25) is 0 Å². The van der Waals surface area contributed by atoms with Gasteiger partial charge in [0.15, 0.2) is 6.61 Å². The van der Waals surface area contributed by atoms with Gasteiger partial charge in [0.25, 0.3) is 5.91 Å². The number of esters is 1. The fraction of sp³-hybridized carbons (Fsp3) is 0.333. The van der Waals surface area contributed by atoms with Crippen LogP contribution in [0.2, 0.25) is 0 Å². The third-order valence-corrected chi connectivity index (χ3v) is 2.12. The van der Waals surface area contributed by atoms with E-state index in [4.69, 9.17) is 16.2 Å². The van der Waals surface area contributed by atoms with Crippen LogP contribution >= 0.6 is 0 Å². The van der Waals surface area contributed by atoms with Gasteiger partial charge in [-0.05, 0) is 24.6 Å². The highest BCUT2D eigenvalue weighted by atomic mass is 16.5. The number of nitrogen functional groups attached to an aromatic ring is 2. The summed E-state index contributed by atoms with van der Waals surface area (Å²) in [6.07, 6.45) is 0.825. The highest BCUT2D eigenvalue weighted by molar-refractivity contribution is 5.93. The molecule has 1 aromatic carbocycles. The molecule has 0 radical (unpaired) electrons. The lowest BCUT2D eigenvalue weighted by atomic mass is 10.2. The van der Waals surface area contributed by atoms with Crippen LogP contribution in [0.1, 0.15) is 23.7 Å². The van der Waals surface area contributed by atoms with Crippen LogP contribution in [0.4, 0.5) is 11.4 Å². The first kappa shape index (κ1) is 13.8. The van der Waals surface area contributed by atoms with Gasteiger partial charge < -0.3 is 21.5 Å². The summed E-state index contributed by atoms with van der Waals surface area (Å²) < 4.78 is 4.83. The second-order valence-electron chi connectivity index (χ2n) is 3.81. The number of carbonyl (C=O) groups is 2. The second kappa shape index (κ2) is 6.48. The van der Waals surface area contributed by atoms with Crippen molar-refractivity contribution in [1.29, 1.82) is 0 Å². The van der Waals surface area contributed by atoms with Gasteiger partial charge >= 0.3 is 5.97 Å². The lowest BCUT2D eigenvalue weighted by molar-refractivity contribution is -0.124. The number of nitrogens with one attached hydrogen (secondary N) is 1. The smallest absolute Gasteiger partial charge is 0.338 e. The average molecular weight is 251 g/mol. The fourth-order valence-corrected chi connectivity index (χ4v) is 1.32. The largest absolute Gasteiger partial charge is 0.452 e. The van der Waals surface area contributed by atoms with E-state index in [1.54, 1.807) is 0 Å². The summed E-state index contributed by atoms with van der Waals surface area (Å²) in [5, 5.41) is 2.60. The van der Waals surface area contributed by atoms with Crippen LogP contribution in [0.5, 0.6) is 0 Å². The van der Waals surface area contributed by atoms with Crippen LogP contribution in [-0.2, 0) is 9.53 Å². The first-order chi connectivity index (χ1) is 8.52. The topological polar surface area (TPSA) is 107 Å². The second-order valence-corrected chi connectivity index (χ2v) is 3.81. The highest BCUT2D eigenvalue weighted by Gasteiger charge is 2.10. The molecule has 18 heavy (non-hydrogen) atoms. The molecule has 0 saturated heterocycles. The van der Waals surface area contributed by atoms with E-state index in [9.17, 15) is 9.59 Å². The summed E-state index contributed by atoms with van der Waals surface area (Å²) in [7, 11) is 0. The Labute approximate surface area is 105 Å². The number of ether oxygens (including phenoxy) is 1. The van der Waals surface area contributed by atoms with Crippen LogP contribution in [0, 0.1) is 0 Å². The van der Waals surface area contributed by atoms with Gasteiger partial charge in [0.1, 0.15) is 0 Å². The van der Waals surface area contributed by atoms with E-state index < -0.39 is 5.97 Å². The zero-order valence-corrected chi connectivity index (χ0v) is 10.2. The molecule has 1 rings (SSSR count). The molecule has 0 atom stereocenters. The molecule has 0 unspecified atom stereocenters. The maximum Gasteiger partial charge on any atom is 0.338 e. The first-order valence-electron chi connectivity index (χ1n) is 5.62. The van der Waals surface area contributed by atoms with Crippen molar-refractivity contribution in [3.8, 4) is 0 Å². The van der Waals surface area contributed by atoms with Gasteiger partial charge in [-0.1, -0.05) is 6.92 Å². The Morgan fingerprint density at radius 1 is 1.22 bits per heavy atom. The van der Waals surface area contributed by atoms with Crippen LogP contribution in [0.25, 0.3) is 0 Å². The van der Waals surface area contributed by atoms with Crippen molar-refractivity contribution < 1.29 is 14.3 Å².